The Bertz CT molecular complexity index is 1070. The molecule has 1 atom stereocenters. The summed E-state index contributed by atoms with van der Waals surface area (Å²) in [5, 5.41) is 13.9. The van der Waals surface area contributed by atoms with Crippen molar-refractivity contribution in [1.82, 2.24) is 4.90 Å². The van der Waals surface area contributed by atoms with Gasteiger partial charge in [0.05, 0.1) is 4.92 Å². The van der Waals surface area contributed by atoms with Gasteiger partial charge in [-0.1, -0.05) is 33.8 Å². The van der Waals surface area contributed by atoms with E-state index in [1.165, 1.54) is 6.07 Å². The minimum Gasteiger partial charge on any atom is -0.368 e. The predicted molar refractivity (Wildman–Crippen MR) is 139 cm³/mol. The van der Waals surface area contributed by atoms with E-state index in [2.05, 4.69) is 37.9 Å². The molecule has 1 heterocycles. The highest BCUT2D eigenvalue weighted by atomic mass is 16.6. The third-order valence-electron chi connectivity index (χ3n) is 6.27. The van der Waals surface area contributed by atoms with Crippen LogP contribution in [0.25, 0.3) is 0 Å². The Morgan fingerprint density at radius 1 is 1.06 bits per heavy atom. The number of nitrogens with zero attached hydrogens (tertiary/aromatic N) is 3. The van der Waals surface area contributed by atoms with Crippen molar-refractivity contribution >= 4 is 28.9 Å². The normalized spacial score (nSPS) is 15.0. The number of amides is 2. The number of anilines is 2. The molecule has 0 radical (unpaired) electrons. The Kier molecular flexibility index (Phi) is 8.14. The van der Waals surface area contributed by atoms with E-state index in [0.29, 0.717) is 36.7 Å². The van der Waals surface area contributed by atoms with Gasteiger partial charge in [-0.15, -0.1) is 0 Å². The Morgan fingerprint density at radius 3 is 2.26 bits per heavy atom. The van der Waals surface area contributed by atoms with Crippen molar-refractivity contribution < 1.29 is 14.5 Å². The summed E-state index contributed by atoms with van der Waals surface area (Å²) in [7, 11) is 0. The number of nitro groups is 1. The summed E-state index contributed by atoms with van der Waals surface area (Å²) in [5.74, 6) is 0.207. The molecule has 188 valence electrons. The topological polar surface area (TPSA) is 95.8 Å². The molecule has 0 aromatic heterocycles. The molecule has 1 fully saturated rings. The number of piperazine rings is 1. The fourth-order valence-electron chi connectivity index (χ4n) is 4.66. The van der Waals surface area contributed by atoms with Gasteiger partial charge in [-0.2, -0.15) is 0 Å². The second kappa shape index (κ2) is 10.9. The molecule has 8 nitrogen and oxygen atoms in total. The summed E-state index contributed by atoms with van der Waals surface area (Å²) >= 11 is 0. The quantitative estimate of drug-likeness (QED) is 0.430. The molecule has 8 heteroatoms. The average molecular weight is 481 g/mol. The highest BCUT2D eigenvalue weighted by Crippen LogP contribution is 2.27. The Morgan fingerprint density at radius 2 is 1.69 bits per heavy atom. The van der Waals surface area contributed by atoms with Crippen LogP contribution >= 0.6 is 0 Å². The van der Waals surface area contributed by atoms with Crippen LogP contribution in [0.15, 0.2) is 42.5 Å². The molecule has 3 rings (SSSR count). The van der Waals surface area contributed by atoms with Crippen molar-refractivity contribution in [2.45, 2.75) is 47.5 Å². The fraction of sp³-hybridized carbons (Fsp3) is 0.481. The van der Waals surface area contributed by atoms with Gasteiger partial charge in [0.1, 0.15) is 0 Å². The van der Waals surface area contributed by atoms with Gasteiger partial charge >= 0.3 is 0 Å². The molecule has 0 bridgehead atoms. The van der Waals surface area contributed by atoms with Crippen molar-refractivity contribution in [3.05, 3.63) is 63.7 Å². The number of hydrogen-bond acceptors (Lipinski definition) is 5. The Balaban J connectivity index is 1.53. The lowest BCUT2D eigenvalue weighted by atomic mass is 9.84. The monoisotopic (exact) mass is 480 g/mol. The summed E-state index contributed by atoms with van der Waals surface area (Å²) in [5.41, 5.74) is 2.54. The van der Waals surface area contributed by atoms with Crippen LogP contribution < -0.4 is 10.2 Å². The van der Waals surface area contributed by atoms with Crippen LogP contribution in [0.5, 0.6) is 0 Å². The average Bonchev–Trinajstić information content (AvgIpc) is 2.78. The van der Waals surface area contributed by atoms with E-state index in [1.54, 1.807) is 19.1 Å². The Hall–Kier alpha value is -3.42. The van der Waals surface area contributed by atoms with Gasteiger partial charge in [0.2, 0.25) is 5.91 Å². The molecule has 1 aliphatic rings. The lowest BCUT2D eigenvalue weighted by molar-refractivity contribution is -0.385. The first-order chi connectivity index (χ1) is 16.4. The summed E-state index contributed by atoms with van der Waals surface area (Å²) in [6.07, 6.45) is 1.62. The van der Waals surface area contributed by atoms with Crippen LogP contribution in [0.2, 0.25) is 0 Å². The van der Waals surface area contributed by atoms with Crippen molar-refractivity contribution in [2.24, 2.45) is 11.3 Å². The zero-order valence-electron chi connectivity index (χ0n) is 21.3. The molecule has 1 aliphatic heterocycles. The summed E-state index contributed by atoms with van der Waals surface area (Å²) in [6, 6.07) is 12.0. The van der Waals surface area contributed by atoms with E-state index in [4.69, 9.17) is 0 Å². The smallest absolute Gasteiger partial charge is 0.273 e. The zero-order valence-corrected chi connectivity index (χ0v) is 21.3. The second-order valence-corrected chi connectivity index (χ2v) is 10.7. The predicted octanol–water partition coefficient (Wildman–Crippen LogP) is 5.27. The lowest BCUT2D eigenvalue weighted by Crippen LogP contribution is -2.49. The minimum atomic E-state index is -0.485. The number of benzene rings is 2. The van der Waals surface area contributed by atoms with E-state index in [9.17, 15) is 19.7 Å². The third-order valence-corrected chi connectivity index (χ3v) is 6.27. The number of carbonyl (C=O) groups is 2. The first-order valence-corrected chi connectivity index (χ1v) is 12.1. The zero-order chi connectivity index (χ0) is 25.8. The van der Waals surface area contributed by atoms with Crippen LogP contribution in [0.4, 0.5) is 17.1 Å². The first-order valence-electron chi connectivity index (χ1n) is 12.1. The van der Waals surface area contributed by atoms with Crippen LogP contribution in [-0.2, 0) is 4.79 Å². The molecule has 2 aromatic carbocycles. The molecule has 35 heavy (non-hydrogen) atoms. The minimum absolute atomic E-state index is 0.0747. The van der Waals surface area contributed by atoms with E-state index in [0.717, 1.165) is 25.2 Å². The number of nitrogens with one attached hydrogen (secondary N) is 1. The van der Waals surface area contributed by atoms with Crippen molar-refractivity contribution in [1.29, 1.82) is 0 Å². The first kappa shape index (κ1) is 26.2. The van der Waals surface area contributed by atoms with Crippen LogP contribution in [0, 0.1) is 28.4 Å². The van der Waals surface area contributed by atoms with Crippen molar-refractivity contribution in [3.63, 3.8) is 0 Å². The van der Waals surface area contributed by atoms with Gasteiger partial charge in [0.25, 0.3) is 11.6 Å². The van der Waals surface area contributed by atoms with Crippen LogP contribution in [0.3, 0.4) is 0 Å². The maximum absolute atomic E-state index is 12.7. The largest absolute Gasteiger partial charge is 0.368 e. The molecule has 0 aliphatic carbocycles. The van der Waals surface area contributed by atoms with Crippen molar-refractivity contribution in [2.75, 3.05) is 36.4 Å². The van der Waals surface area contributed by atoms with Gasteiger partial charge in [-0.05, 0) is 55.0 Å². The van der Waals surface area contributed by atoms with Crippen LogP contribution in [-0.4, -0.2) is 47.8 Å². The fourth-order valence-corrected chi connectivity index (χ4v) is 4.66. The van der Waals surface area contributed by atoms with Gasteiger partial charge in [-0.3, -0.25) is 19.7 Å². The highest BCUT2D eigenvalue weighted by Gasteiger charge is 2.24. The third kappa shape index (κ3) is 7.28. The SMILES string of the molecule is Cc1ccc(C(=O)Nc2ccc(N3CCN(C(=O)CC(C)CC(C)(C)C)CC3)cc2)cc1[N+](=O)[O-]. The molecule has 1 saturated heterocycles. The summed E-state index contributed by atoms with van der Waals surface area (Å²) in [4.78, 5) is 40.1. The number of carbonyl (C=O) groups excluding carboxylic acids is 2. The molecular formula is C27H36N4O4. The Labute approximate surface area is 207 Å². The van der Waals surface area contributed by atoms with E-state index < -0.39 is 10.8 Å². The maximum atomic E-state index is 12.7. The van der Waals surface area contributed by atoms with E-state index in [-0.39, 0.29) is 22.6 Å². The number of hydrogen-bond donors (Lipinski definition) is 1. The molecule has 1 unspecified atom stereocenters. The summed E-state index contributed by atoms with van der Waals surface area (Å²) < 4.78 is 0. The second-order valence-electron chi connectivity index (χ2n) is 10.7. The van der Waals surface area contributed by atoms with Gasteiger partial charge < -0.3 is 15.1 Å². The van der Waals surface area contributed by atoms with E-state index >= 15 is 0 Å². The van der Waals surface area contributed by atoms with Gasteiger partial charge in [0.15, 0.2) is 0 Å². The number of rotatable bonds is 7. The number of aryl methyl sites for hydroxylation is 1. The van der Waals surface area contributed by atoms with E-state index in [1.807, 2.05) is 29.2 Å². The molecule has 0 saturated carbocycles. The van der Waals surface area contributed by atoms with Crippen LogP contribution in [0.1, 0.15) is 56.5 Å². The molecule has 2 amide bonds. The molecule has 2 aromatic rings. The van der Waals surface area contributed by atoms with Gasteiger partial charge in [-0.25, -0.2) is 0 Å². The maximum Gasteiger partial charge on any atom is 0.273 e. The highest BCUT2D eigenvalue weighted by molar-refractivity contribution is 6.04. The molecular weight excluding hydrogens is 444 g/mol. The van der Waals surface area contributed by atoms with Crippen molar-refractivity contribution in [3.8, 4) is 0 Å². The van der Waals surface area contributed by atoms with Gasteiger partial charge in [0, 0.05) is 61.2 Å². The molecule has 0 spiro atoms. The standard InChI is InChI=1S/C27H36N4O4/c1-19(18-27(3,4)5)16-25(32)30-14-12-29(13-15-30)23-10-8-22(9-11-23)28-26(33)21-7-6-20(2)24(17-21)31(34)35/h6-11,17,19H,12-16,18H2,1-5H3,(H,28,33). The summed E-state index contributed by atoms with van der Waals surface area (Å²) in [6.45, 7) is 13.3. The lowest BCUT2D eigenvalue weighted by Gasteiger charge is -2.37. The number of nitro benzene ring substituents is 1. The molecule has 1 N–H and O–H groups in total.